The summed E-state index contributed by atoms with van der Waals surface area (Å²) in [5, 5.41) is 7.91. The van der Waals surface area contributed by atoms with E-state index in [2.05, 4.69) is 34.2 Å². The van der Waals surface area contributed by atoms with Crippen molar-refractivity contribution in [1.29, 1.82) is 0 Å². The first kappa shape index (κ1) is 12.3. The van der Waals surface area contributed by atoms with Gasteiger partial charge < -0.3 is 5.32 Å². The van der Waals surface area contributed by atoms with Crippen molar-refractivity contribution in [2.45, 2.75) is 32.7 Å². The average Bonchev–Trinajstić information content (AvgIpc) is 2.81. The van der Waals surface area contributed by atoms with Gasteiger partial charge in [0.05, 0.1) is 11.9 Å². The average molecular weight is 257 g/mol. The van der Waals surface area contributed by atoms with Crippen LogP contribution in [0.25, 0.3) is 5.82 Å². The lowest BCUT2D eigenvalue weighted by atomic mass is 9.74. The Morgan fingerprint density at radius 3 is 2.95 bits per heavy atom. The van der Waals surface area contributed by atoms with Crippen LogP contribution in [0.3, 0.4) is 0 Å². The first-order chi connectivity index (χ1) is 9.11. The standard InChI is InChI=1S/C14H19N5/c1-14(2)6-11(15-3)10-8-18-19(12(10)7-14)13-4-5-16-9-17-13/h4-5,8-9,11,15H,6-7H2,1-3H3. The summed E-state index contributed by atoms with van der Waals surface area (Å²) in [6.07, 6.45) is 7.43. The van der Waals surface area contributed by atoms with E-state index in [4.69, 9.17) is 0 Å². The first-order valence-corrected chi connectivity index (χ1v) is 6.61. The molecule has 2 aromatic rings. The van der Waals surface area contributed by atoms with E-state index in [1.807, 2.05) is 24.0 Å². The van der Waals surface area contributed by atoms with E-state index < -0.39 is 0 Å². The predicted molar refractivity (Wildman–Crippen MR) is 73.1 cm³/mol. The lowest BCUT2D eigenvalue weighted by Gasteiger charge is -2.35. The van der Waals surface area contributed by atoms with Crippen LogP contribution in [0.4, 0.5) is 0 Å². The fourth-order valence-electron chi connectivity index (χ4n) is 2.91. The van der Waals surface area contributed by atoms with E-state index in [1.54, 1.807) is 12.5 Å². The van der Waals surface area contributed by atoms with Crippen LogP contribution in [0.2, 0.25) is 0 Å². The number of hydrogen-bond acceptors (Lipinski definition) is 4. The minimum absolute atomic E-state index is 0.269. The van der Waals surface area contributed by atoms with E-state index in [0.29, 0.717) is 6.04 Å². The van der Waals surface area contributed by atoms with Gasteiger partial charge in [-0.25, -0.2) is 14.6 Å². The van der Waals surface area contributed by atoms with Gasteiger partial charge in [0.1, 0.15) is 6.33 Å². The molecule has 1 aliphatic rings. The smallest absolute Gasteiger partial charge is 0.156 e. The van der Waals surface area contributed by atoms with E-state index in [-0.39, 0.29) is 5.41 Å². The molecule has 0 saturated carbocycles. The molecule has 0 aliphatic heterocycles. The molecule has 1 N–H and O–H groups in total. The molecule has 0 amide bonds. The molecule has 1 unspecified atom stereocenters. The fraction of sp³-hybridized carbons (Fsp3) is 0.500. The summed E-state index contributed by atoms with van der Waals surface area (Å²) in [7, 11) is 2.01. The molecule has 0 bridgehead atoms. The topological polar surface area (TPSA) is 55.6 Å². The highest BCUT2D eigenvalue weighted by molar-refractivity contribution is 5.33. The second kappa shape index (κ2) is 4.42. The van der Waals surface area contributed by atoms with Gasteiger partial charge in [-0.15, -0.1) is 0 Å². The molecule has 0 saturated heterocycles. The molecular formula is C14H19N5. The molecular weight excluding hydrogens is 238 g/mol. The van der Waals surface area contributed by atoms with Gasteiger partial charge in [-0.3, -0.25) is 0 Å². The SMILES string of the molecule is CNC1CC(C)(C)Cc2c1cnn2-c1ccncn1. The Morgan fingerprint density at radius 1 is 1.42 bits per heavy atom. The summed E-state index contributed by atoms with van der Waals surface area (Å²) in [6.45, 7) is 4.61. The van der Waals surface area contributed by atoms with Gasteiger partial charge in [-0.1, -0.05) is 13.8 Å². The lowest BCUT2D eigenvalue weighted by molar-refractivity contribution is 0.260. The van der Waals surface area contributed by atoms with Crippen molar-refractivity contribution in [1.82, 2.24) is 25.1 Å². The Morgan fingerprint density at radius 2 is 2.26 bits per heavy atom. The largest absolute Gasteiger partial charge is 0.313 e. The Kier molecular flexibility index (Phi) is 2.86. The monoisotopic (exact) mass is 257 g/mol. The summed E-state index contributed by atoms with van der Waals surface area (Å²) in [4.78, 5) is 8.26. The van der Waals surface area contributed by atoms with E-state index in [1.165, 1.54) is 11.3 Å². The number of nitrogens with one attached hydrogen (secondary N) is 1. The summed E-state index contributed by atoms with van der Waals surface area (Å²) in [5.74, 6) is 0.837. The minimum Gasteiger partial charge on any atom is -0.313 e. The molecule has 1 aliphatic carbocycles. The molecule has 0 fully saturated rings. The third kappa shape index (κ3) is 2.14. The van der Waals surface area contributed by atoms with Crippen LogP contribution in [0.5, 0.6) is 0 Å². The summed E-state index contributed by atoms with van der Waals surface area (Å²) in [5.41, 5.74) is 2.82. The molecule has 5 heteroatoms. The third-order valence-corrected chi connectivity index (χ3v) is 3.81. The van der Waals surface area contributed by atoms with Gasteiger partial charge in [-0.2, -0.15) is 5.10 Å². The molecule has 0 spiro atoms. The van der Waals surface area contributed by atoms with Gasteiger partial charge in [-0.05, 0) is 25.3 Å². The van der Waals surface area contributed by atoms with Crippen molar-refractivity contribution in [2.24, 2.45) is 5.41 Å². The number of fused-ring (bicyclic) bond motifs is 1. The van der Waals surface area contributed by atoms with E-state index in [0.717, 1.165) is 18.7 Å². The van der Waals surface area contributed by atoms with Crippen LogP contribution < -0.4 is 5.32 Å². The number of rotatable bonds is 2. The third-order valence-electron chi connectivity index (χ3n) is 3.81. The summed E-state index contributed by atoms with van der Waals surface area (Å²) in [6, 6.07) is 2.26. The fourth-order valence-corrected chi connectivity index (χ4v) is 2.91. The van der Waals surface area contributed by atoms with Crippen LogP contribution >= 0.6 is 0 Å². The number of aromatic nitrogens is 4. The van der Waals surface area contributed by atoms with Crippen molar-refractivity contribution >= 4 is 0 Å². The van der Waals surface area contributed by atoms with Crippen molar-refractivity contribution in [3.8, 4) is 5.82 Å². The van der Waals surface area contributed by atoms with Crippen molar-refractivity contribution in [3.05, 3.63) is 36.0 Å². The zero-order valence-corrected chi connectivity index (χ0v) is 11.6. The van der Waals surface area contributed by atoms with Crippen LogP contribution in [-0.4, -0.2) is 26.8 Å². The lowest BCUT2D eigenvalue weighted by Crippen LogP contribution is -2.32. The Labute approximate surface area is 113 Å². The van der Waals surface area contributed by atoms with Crippen LogP contribution in [0, 0.1) is 5.41 Å². The van der Waals surface area contributed by atoms with Crippen molar-refractivity contribution < 1.29 is 0 Å². The molecule has 1 atom stereocenters. The maximum absolute atomic E-state index is 4.52. The maximum Gasteiger partial charge on any atom is 0.156 e. The second-order valence-electron chi connectivity index (χ2n) is 5.91. The minimum atomic E-state index is 0.269. The predicted octanol–water partition coefficient (Wildman–Crippen LogP) is 1.90. The summed E-state index contributed by atoms with van der Waals surface area (Å²) >= 11 is 0. The summed E-state index contributed by atoms with van der Waals surface area (Å²) < 4.78 is 1.95. The molecule has 0 radical (unpaired) electrons. The molecule has 19 heavy (non-hydrogen) atoms. The zero-order chi connectivity index (χ0) is 13.5. The number of hydrogen-bond donors (Lipinski definition) is 1. The van der Waals surface area contributed by atoms with Crippen molar-refractivity contribution in [3.63, 3.8) is 0 Å². The van der Waals surface area contributed by atoms with Gasteiger partial charge in [0.25, 0.3) is 0 Å². The molecule has 3 rings (SSSR count). The zero-order valence-electron chi connectivity index (χ0n) is 11.6. The van der Waals surface area contributed by atoms with Gasteiger partial charge in [0.15, 0.2) is 5.82 Å². The number of nitrogens with zero attached hydrogens (tertiary/aromatic N) is 4. The second-order valence-corrected chi connectivity index (χ2v) is 5.91. The van der Waals surface area contributed by atoms with E-state index in [9.17, 15) is 0 Å². The van der Waals surface area contributed by atoms with E-state index >= 15 is 0 Å². The molecule has 2 heterocycles. The van der Waals surface area contributed by atoms with Crippen LogP contribution in [0.15, 0.2) is 24.8 Å². The highest BCUT2D eigenvalue weighted by atomic mass is 15.3. The quantitative estimate of drug-likeness (QED) is 0.892. The highest BCUT2D eigenvalue weighted by Gasteiger charge is 2.34. The Balaban J connectivity index is 2.09. The Bertz CT molecular complexity index is 573. The van der Waals surface area contributed by atoms with Gasteiger partial charge >= 0.3 is 0 Å². The molecule has 100 valence electrons. The van der Waals surface area contributed by atoms with Gasteiger partial charge in [0, 0.05) is 23.9 Å². The van der Waals surface area contributed by atoms with Crippen LogP contribution in [0.1, 0.15) is 37.6 Å². The normalized spacial score (nSPS) is 21.1. The van der Waals surface area contributed by atoms with Crippen molar-refractivity contribution in [2.75, 3.05) is 7.05 Å². The highest BCUT2D eigenvalue weighted by Crippen LogP contribution is 2.40. The Hall–Kier alpha value is -1.75. The van der Waals surface area contributed by atoms with Crippen LogP contribution in [-0.2, 0) is 6.42 Å². The molecule has 2 aromatic heterocycles. The molecule has 0 aromatic carbocycles. The van der Waals surface area contributed by atoms with Gasteiger partial charge in [0.2, 0.25) is 0 Å². The first-order valence-electron chi connectivity index (χ1n) is 6.61. The molecule has 5 nitrogen and oxygen atoms in total. The maximum atomic E-state index is 4.52.